The topological polar surface area (TPSA) is 64.0 Å². The van der Waals surface area contributed by atoms with Gasteiger partial charge in [-0.3, -0.25) is 14.9 Å². The Bertz CT molecular complexity index is 927. The first-order valence-electron chi connectivity index (χ1n) is 8.34. The second kappa shape index (κ2) is 6.43. The molecule has 24 heavy (non-hydrogen) atoms. The SMILES string of the molecule is CC.Cc1cnc2c(c1)c1ccccc1n2C1CCC(=O)NC1=O. The molecule has 0 bridgehead atoms. The van der Waals surface area contributed by atoms with Gasteiger partial charge in [0.05, 0.1) is 5.52 Å². The van der Waals surface area contributed by atoms with E-state index in [1.807, 2.05) is 55.8 Å². The molecule has 3 aromatic rings. The lowest BCUT2D eigenvalue weighted by Gasteiger charge is -2.23. The van der Waals surface area contributed by atoms with Gasteiger partial charge in [-0.15, -0.1) is 0 Å². The highest BCUT2D eigenvalue weighted by atomic mass is 16.2. The van der Waals surface area contributed by atoms with Gasteiger partial charge < -0.3 is 4.57 Å². The van der Waals surface area contributed by atoms with E-state index >= 15 is 0 Å². The predicted octanol–water partition coefficient (Wildman–Crippen LogP) is 3.50. The van der Waals surface area contributed by atoms with Gasteiger partial charge in [0.1, 0.15) is 11.7 Å². The molecular weight excluding hydrogens is 302 g/mol. The molecule has 2 aromatic heterocycles. The van der Waals surface area contributed by atoms with Crippen LogP contribution in [0.3, 0.4) is 0 Å². The Morgan fingerprint density at radius 3 is 2.67 bits per heavy atom. The van der Waals surface area contributed by atoms with E-state index < -0.39 is 6.04 Å². The van der Waals surface area contributed by atoms with Crippen LogP contribution in [0.4, 0.5) is 0 Å². The standard InChI is InChI=1S/C17H15N3O2.C2H6/c1-10-8-12-11-4-2-3-5-13(11)20(16(12)18-9-10)14-6-7-15(21)19-17(14)22;1-2/h2-5,8-9,14H,6-7H2,1H3,(H,19,21,22);1-2H3. The van der Waals surface area contributed by atoms with E-state index in [2.05, 4.69) is 16.4 Å². The Morgan fingerprint density at radius 2 is 1.92 bits per heavy atom. The van der Waals surface area contributed by atoms with Crippen LogP contribution >= 0.6 is 0 Å². The second-order valence-electron chi connectivity index (χ2n) is 5.74. The molecule has 0 saturated carbocycles. The summed E-state index contributed by atoms with van der Waals surface area (Å²) in [6.07, 6.45) is 2.67. The number of para-hydroxylation sites is 1. The summed E-state index contributed by atoms with van der Waals surface area (Å²) >= 11 is 0. The van der Waals surface area contributed by atoms with Crippen molar-refractivity contribution in [2.24, 2.45) is 0 Å². The lowest BCUT2D eigenvalue weighted by atomic mass is 10.1. The lowest BCUT2D eigenvalue weighted by Crippen LogP contribution is -2.41. The number of fused-ring (bicyclic) bond motifs is 3. The highest BCUT2D eigenvalue weighted by Crippen LogP contribution is 2.33. The molecule has 1 aliphatic rings. The third-order valence-corrected chi connectivity index (χ3v) is 4.21. The molecule has 1 aliphatic heterocycles. The molecule has 124 valence electrons. The van der Waals surface area contributed by atoms with Crippen LogP contribution < -0.4 is 5.32 Å². The maximum absolute atomic E-state index is 12.3. The van der Waals surface area contributed by atoms with Crippen molar-refractivity contribution in [1.82, 2.24) is 14.9 Å². The van der Waals surface area contributed by atoms with Gasteiger partial charge >= 0.3 is 0 Å². The number of benzene rings is 1. The highest BCUT2D eigenvalue weighted by Gasteiger charge is 2.30. The van der Waals surface area contributed by atoms with Crippen LogP contribution in [0.15, 0.2) is 36.5 Å². The van der Waals surface area contributed by atoms with Crippen LogP contribution in [-0.2, 0) is 9.59 Å². The number of pyridine rings is 1. The van der Waals surface area contributed by atoms with Crippen LogP contribution in [0.2, 0.25) is 0 Å². The number of carbonyl (C=O) groups is 2. The number of hydrogen-bond donors (Lipinski definition) is 1. The van der Waals surface area contributed by atoms with E-state index in [1.54, 1.807) is 0 Å². The van der Waals surface area contributed by atoms with Gasteiger partial charge in [-0.25, -0.2) is 4.98 Å². The van der Waals surface area contributed by atoms with Crippen molar-refractivity contribution >= 4 is 33.8 Å². The van der Waals surface area contributed by atoms with Crippen molar-refractivity contribution in [2.45, 2.75) is 39.7 Å². The molecule has 4 rings (SSSR count). The van der Waals surface area contributed by atoms with Gasteiger partial charge in [-0.2, -0.15) is 0 Å². The average Bonchev–Trinajstić information content (AvgIpc) is 2.91. The number of aromatic nitrogens is 2. The van der Waals surface area contributed by atoms with E-state index in [9.17, 15) is 9.59 Å². The molecule has 1 atom stereocenters. The van der Waals surface area contributed by atoms with E-state index in [0.29, 0.717) is 12.8 Å². The molecular formula is C19H21N3O2. The van der Waals surface area contributed by atoms with Gasteiger partial charge in [0, 0.05) is 23.4 Å². The highest BCUT2D eigenvalue weighted by molar-refractivity contribution is 6.09. The Hall–Kier alpha value is -2.69. The quantitative estimate of drug-likeness (QED) is 0.697. The number of aryl methyl sites for hydroxylation is 1. The summed E-state index contributed by atoms with van der Waals surface area (Å²) in [6, 6.07) is 9.68. The lowest BCUT2D eigenvalue weighted by molar-refractivity contribution is -0.135. The maximum Gasteiger partial charge on any atom is 0.249 e. The van der Waals surface area contributed by atoms with Crippen LogP contribution in [-0.4, -0.2) is 21.4 Å². The smallest absolute Gasteiger partial charge is 0.249 e. The molecule has 5 nitrogen and oxygen atoms in total. The van der Waals surface area contributed by atoms with Crippen molar-refractivity contribution in [3.8, 4) is 0 Å². The normalized spacial score (nSPS) is 17.5. The molecule has 1 N–H and O–H groups in total. The van der Waals surface area contributed by atoms with Crippen molar-refractivity contribution in [3.63, 3.8) is 0 Å². The minimum Gasteiger partial charge on any atom is -0.313 e. The summed E-state index contributed by atoms with van der Waals surface area (Å²) in [6.45, 7) is 6.00. The number of rotatable bonds is 1. The summed E-state index contributed by atoms with van der Waals surface area (Å²) < 4.78 is 1.96. The van der Waals surface area contributed by atoms with E-state index in [0.717, 1.165) is 27.5 Å². The molecule has 2 amide bonds. The second-order valence-corrected chi connectivity index (χ2v) is 5.74. The molecule has 0 radical (unpaired) electrons. The summed E-state index contributed by atoms with van der Waals surface area (Å²) in [7, 11) is 0. The third-order valence-electron chi connectivity index (χ3n) is 4.21. The number of carbonyl (C=O) groups excluding carboxylic acids is 2. The van der Waals surface area contributed by atoms with Gasteiger partial charge in [0.25, 0.3) is 0 Å². The van der Waals surface area contributed by atoms with Crippen LogP contribution in [0.1, 0.15) is 38.3 Å². The maximum atomic E-state index is 12.3. The van der Waals surface area contributed by atoms with E-state index in [-0.39, 0.29) is 11.8 Å². The fourth-order valence-corrected chi connectivity index (χ4v) is 3.22. The molecule has 0 spiro atoms. The largest absolute Gasteiger partial charge is 0.313 e. The van der Waals surface area contributed by atoms with Crippen LogP contribution in [0.25, 0.3) is 21.9 Å². The van der Waals surface area contributed by atoms with E-state index in [4.69, 9.17) is 0 Å². The number of amides is 2. The molecule has 1 saturated heterocycles. The monoisotopic (exact) mass is 323 g/mol. The molecule has 0 aliphatic carbocycles. The van der Waals surface area contributed by atoms with Crippen molar-refractivity contribution in [3.05, 3.63) is 42.1 Å². The van der Waals surface area contributed by atoms with Crippen molar-refractivity contribution in [1.29, 1.82) is 0 Å². The number of piperidine rings is 1. The van der Waals surface area contributed by atoms with Crippen molar-refractivity contribution < 1.29 is 9.59 Å². The van der Waals surface area contributed by atoms with Crippen LogP contribution in [0.5, 0.6) is 0 Å². The number of nitrogens with zero attached hydrogens (tertiary/aromatic N) is 2. The average molecular weight is 323 g/mol. The summed E-state index contributed by atoms with van der Waals surface area (Å²) in [5, 5.41) is 4.56. The van der Waals surface area contributed by atoms with Gasteiger partial charge in [-0.05, 0) is 31.0 Å². The molecule has 1 aromatic carbocycles. The first-order valence-corrected chi connectivity index (χ1v) is 8.34. The Labute approximate surface area is 140 Å². The zero-order valence-electron chi connectivity index (χ0n) is 14.2. The molecule has 5 heteroatoms. The summed E-state index contributed by atoms with van der Waals surface area (Å²) in [4.78, 5) is 28.2. The van der Waals surface area contributed by atoms with Crippen molar-refractivity contribution in [2.75, 3.05) is 0 Å². The van der Waals surface area contributed by atoms with Gasteiger partial charge in [0.2, 0.25) is 11.8 Å². The summed E-state index contributed by atoms with van der Waals surface area (Å²) in [5.74, 6) is -0.452. The zero-order valence-corrected chi connectivity index (χ0v) is 14.2. The fourth-order valence-electron chi connectivity index (χ4n) is 3.22. The molecule has 3 heterocycles. The minimum absolute atomic E-state index is 0.203. The minimum atomic E-state index is -0.393. The number of hydrogen-bond acceptors (Lipinski definition) is 3. The fraction of sp³-hybridized carbons (Fsp3) is 0.316. The number of nitrogens with one attached hydrogen (secondary N) is 1. The Kier molecular flexibility index (Phi) is 4.34. The van der Waals surface area contributed by atoms with Gasteiger partial charge in [-0.1, -0.05) is 32.0 Å². The first kappa shape index (κ1) is 16.2. The molecule has 1 fully saturated rings. The van der Waals surface area contributed by atoms with E-state index in [1.165, 1.54) is 0 Å². The Balaban J connectivity index is 0.000000815. The summed E-state index contributed by atoms with van der Waals surface area (Å²) in [5.41, 5.74) is 2.85. The van der Waals surface area contributed by atoms with Crippen LogP contribution in [0, 0.1) is 6.92 Å². The Morgan fingerprint density at radius 1 is 1.17 bits per heavy atom. The zero-order chi connectivity index (χ0) is 17.3. The molecule has 1 unspecified atom stereocenters. The third kappa shape index (κ3) is 2.56. The number of imide groups is 1. The first-order chi connectivity index (χ1) is 11.6. The predicted molar refractivity (Wildman–Crippen MR) is 94.7 cm³/mol. The van der Waals surface area contributed by atoms with Gasteiger partial charge in [0.15, 0.2) is 0 Å².